The molecule has 1 aliphatic rings. The predicted molar refractivity (Wildman–Crippen MR) is 76.4 cm³/mol. The number of carbonyl (C=O) groups is 1. The minimum Gasteiger partial charge on any atom is -0.492 e. The number of rotatable bonds is 3. The lowest BCUT2D eigenvalue weighted by Gasteiger charge is -2.22. The van der Waals surface area contributed by atoms with Gasteiger partial charge in [0.25, 0.3) is 0 Å². The van der Waals surface area contributed by atoms with Crippen molar-refractivity contribution >= 4 is 5.97 Å². The fraction of sp³-hybridized carbons (Fsp3) is 0.235. The maximum absolute atomic E-state index is 11.0. The third kappa shape index (κ3) is 2.16. The van der Waals surface area contributed by atoms with Crippen molar-refractivity contribution in [2.45, 2.75) is 18.8 Å². The molecule has 0 aromatic heterocycles. The molecule has 0 fully saturated rings. The lowest BCUT2D eigenvalue weighted by Crippen LogP contribution is -2.26. The topological polar surface area (TPSA) is 46.5 Å². The highest BCUT2D eigenvalue weighted by atomic mass is 16.5. The normalized spacial score (nSPS) is 20.2. The zero-order valence-corrected chi connectivity index (χ0v) is 11.3. The summed E-state index contributed by atoms with van der Waals surface area (Å²) in [5, 5.41) is 9.03. The van der Waals surface area contributed by atoms with Gasteiger partial charge in [-0.1, -0.05) is 43.3 Å². The van der Waals surface area contributed by atoms with Gasteiger partial charge in [0.05, 0.1) is 12.2 Å². The van der Waals surface area contributed by atoms with Crippen molar-refractivity contribution in [3.05, 3.63) is 65.2 Å². The second kappa shape index (κ2) is 4.67. The van der Waals surface area contributed by atoms with Gasteiger partial charge in [0.1, 0.15) is 5.75 Å². The van der Waals surface area contributed by atoms with Crippen LogP contribution in [-0.2, 0) is 11.8 Å². The quantitative estimate of drug-likeness (QED) is 0.929. The molecule has 2 aromatic rings. The van der Waals surface area contributed by atoms with E-state index in [4.69, 9.17) is 9.84 Å². The number of ether oxygens (including phenoxy) is 1. The molecule has 0 saturated carbocycles. The van der Waals surface area contributed by atoms with Crippen LogP contribution < -0.4 is 4.74 Å². The zero-order chi connectivity index (χ0) is 14.2. The third-order valence-corrected chi connectivity index (χ3v) is 3.86. The van der Waals surface area contributed by atoms with Crippen LogP contribution in [0.2, 0.25) is 0 Å². The second-order valence-electron chi connectivity index (χ2n) is 5.53. The average Bonchev–Trinajstić information content (AvgIpc) is 2.77. The van der Waals surface area contributed by atoms with Gasteiger partial charge in [-0.3, -0.25) is 0 Å². The Bertz CT molecular complexity index is 649. The molecule has 102 valence electrons. The van der Waals surface area contributed by atoms with Crippen molar-refractivity contribution < 1.29 is 14.6 Å². The van der Waals surface area contributed by atoms with E-state index >= 15 is 0 Å². The van der Waals surface area contributed by atoms with E-state index in [0.717, 1.165) is 12.0 Å². The number of hydrogen-bond donors (Lipinski definition) is 1. The molecule has 3 heteroatoms. The van der Waals surface area contributed by atoms with Crippen LogP contribution in [-0.4, -0.2) is 17.7 Å². The highest BCUT2D eigenvalue weighted by Crippen LogP contribution is 2.41. The molecule has 3 nitrogen and oxygen atoms in total. The zero-order valence-electron chi connectivity index (χ0n) is 11.3. The molecule has 0 amide bonds. The minimum atomic E-state index is -0.923. The lowest BCUT2D eigenvalue weighted by atomic mass is 9.79. The number of carboxylic acids is 1. The molecule has 1 aliphatic heterocycles. The first-order chi connectivity index (χ1) is 9.58. The van der Waals surface area contributed by atoms with Crippen molar-refractivity contribution in [2.75, 3.05) is 6.61 Å². The maximum Gasteiger partial charge on any atom is 0.335 e. The molecule has 0 bridgehead atoms. The van der Waals surface area contributed by atoms with Crippen LogP contribution in [0.25, 0.3) is 0 Å². The highest BCUT2D eigenvalue weighted by molar-refractivity contribution is 5.88. The smallest absolute Gasteiger partial charge is 0.335 e. The molecule has 1 atom stereocenters. The standard InChI is InChI=1S/C17H16O3/c1-17(10-12-5-3-2-4-6-12)11-20-15-9-13(16(18)19)7-8-14(15)17/h2-9H,10-11H2,1H3,(H,18,19)/t17-/m0/s1. The summed E-state index contributed by atoms with van der Waals surface area (Å²) in [6.45, 7) is 2.74. The van der Waals surface area contributed by atoms with Gasteiger partial charge in [0.2, 0.25) is 0 Å². The maximum atomic E-state index is 11.0. The molecular weight excluding hydrogens is 252 g/mol. The van der Waals surface area contributed by atoms with Crippen LogP contribution in [0, 0.1) is 0 Å². The predicted octanol–water partition coefficient (Wildman–Crippen LogP) is 3.28. The van der Waals surface area contributed by atoms with Gasteiger partial charge in [-0.05, 0) is 24.1 Å². The van der Waals surface area contributed by atoms with Gasteiger partial charge in [-0.25, -0.2) is 4.79 Å². The van der Waals surface area contributed by atoms with Gasteiger partial charge in [0, 0.05) is 11.0 Å². The molecule has 0 saturated heterocycles. The Morgan fingerprint density at radius 2 is 2.00 bits per heavy atom. The molecule has 2 aromatic carbocycles. The van der Waals surface area contributed by atoms with Gasteiger partial charge in [-0.2, -0.15) is 0 Å². The second-order valence-corrected chi connectivity index (χ2v) is 5.53. The van der Waals surface area contributed by atoms with E-state index < -0.39 is 5.97 Å². The van der Waals surface area contributed by atoms with Crippen molar-refractivity contribution in [2.24, 2.45) is 0 Å². The van der Waals surface area contributed by atoms with Crippen molar-refractivity contribution in [3.8, 4) is 5.75 Å². The van der Waals surface area contributed by atoms with Crippen LogP contribution in [0.4, 0.5) is 0 Å². The van der Waals surface area contributed by atoms with Crippen LogP contribution in [0.15, 0.2) is 48.5 Å². The summed E-state index contributed by atoms with van der Waals surface area (Å²) in [6.07, 6.45) is 0.882. The first kappa shape index (κ1) is 12.7. The molecular formula is C17H16O3. The van der Waals surface area contributed by atoms with E-state index in [0.29, 0.717) is 12.4 Å². The number of fused-ring (bicyclic) bond motifs is 1. The van der Waals surface area contributed by atoms with Gasteiger partial charge < -0.3 is 9.84 Å². The van der Waals surface area contributed by atoms with Gasteiger partial charge in [0.15, 0.2) is 0 Å². The summed E-state index contributed by atoms with van der Waals surface area (Å²) in [4.78, 5) is 11.0. The average molecular weight is 268 g/mol. The fourth-order valence-electron chi connectivity index (χ4n) is 2.78. The summed E-state index contributed by atoms with van der Waals surface area (Å²) in [5.41, 5.74) is 2.51. The molecule has 1 heterocycles. The van der Waals surface area contributed by atoms with Crippen molar-refractivity contribution in [3.63, 3.8) is 0 Å². The Hall–Kier alpha value is -2.29. The van der Waals surface area contributed by atoms with Crippen LogP contribution in [0.5, 0.6) is 5.75 Å². The third-order valence-electron chi connectivity index (χ3n) is 3.86. The van der Waals surface area contributed by atoms with Crippen molar-refractivity contribution in [1.82, 2.24) is 0 Å². The number of aromatic carboxylic acids is 1. The van der Waals surface area contributed by atoms with E-state index in [-0.39, 0.29) is 11.0 Å². The van der Waals surface area contributed by atoms with E-state index in [2.05, 4.69) is 19.1 Å². The molecule has 1 N–H and O–H groups in total. The van der Waals surface area contributed by atoms with E-state index in [1.54, 1.807) is 12.1 Å². The summed E-state index contributed by atoms with van der Waals surface area (Å²) in [7, 11) is 0. The molecule has 0 radical (unpaired) electrons. The SMILES string of the molecule is C[C@]1(Cc2ccccc2)COc2cc(C(=O)O)ccc21. The van der Waals surface area contributed by atoms with Crippen LogP contribution >= 0.6 is 0 Å². The number of carboxylic acid groups (broad SMARTS) is 1. The van der Waals surface area contributed by atoms with Gasteiger partial charge >= 0.3 is 5.97 Å². The summed E-state index contributed by atoms with van der Waals surface area (Å²) < 4.78 is 5.71. The lowest BCUT2D eigenvalue weighted by molar-refractivity contribution is 0.0696. The summed E-state index contributed by atoms with van der Waals surface area (Å²) >= 11 is 0. The summed E-state index contributed by atoms with van der Waals surface area (Å²) in [6, 6.07) is 15.4. The first-order valence-corrected chi connectivity index (χ1v) is 6.63. The first-order valence-electron chi connectivity index (χ1n) is 6.63. The molecule has 20 heavy (non-hydrogen) atoms. The molecule has 3 rings (SSSR count). The molecule has 0 aliphatic carbocycles. The van der Waals surface area contributed by atoms with E-state index in [9.17, 15) is 4.79 Å². The van der Waals surface area contributed by atoms with Gasteiger partial charge in [-0.15, -0.1) is 0 Å². The highest BCUT2D eigenvalue weighted by Gasteiger charge is 2.36. The Labute approximate surface area is 117 Å². The van der Waals surface area contributed by atoms with Crippen LogP contribution in [0.1, 0.15) is 28.4 Å². The Morgan fingerprint density at radius 1 is 1.25 bits per heavy atom. The number of benzene rings is 2. The summed E-state index contributed by atoms with van der Waals surface area (Å²) in [5.74, 6) is -0.226. The van der Waals surface area contributed by atoms with Crippen molar-refractivity contribution in [1.29, 1.82) is 0 Å². The molecule has 0 unspecified atom stereocenters. The fourth-order valence-corrected chi connectivity index (χ4v) is 2.78. The Morgan fingerprint density at radius 3 is 2.70 bits per heavy atom. The van der Waals surface area contributed by atoms with E-state index in [1.807, 2.05) is 24.3 Å². The van der Waals surface area contributed by atoms with E-state index in [1.165, 1.54) is 5.56 Å². The minimum absolute atomic E-state index is 0.103. The van der Waals surface area contributed by atoms with Crippen LogP contribution in [0.3, 0.4) is 0 Å². The Kier molecular flexibility index (Phi) is 2.97. The number of hydrogen-bond acceptors (Lipinski definition) is 2. The molecule has 0 spiro atoms. The Balaban J connectivity index is 1.94. The monoisotopic (exact) mass is 268 g/mol. The largest absolute Gasteiger partial charge is 0.492 e.